The number of carbonyl (C=O) groups excluding carboxylic acids is 1. The Hall–Kier alpha value is -2.42. The van der Waals surface area contributed by atoms with Crippen LogP contribution >= 0.6 is 0 Å². The fraction of sp³-hybridized carbons (Fsp3) is 0.278. The summed E-state index contributed by atoms with van der Waals surface area (Å²) in [7, 11) is -3.64. The van der Waals surface area contributed by atoms with Gasteiger partial charge < -0.3 is 13.9 Å². The molecule has 1 aromatic heterocycles. The molecule has 0 spiro atoms. The third-order valence-corrected chi connectivity index (χ3v) is 4.71. The molecule has 0 saturated carbocycles. The summed E-state index contributed by atoms with van der Waals surface area (Å²) in [5.74, 6) is 0.0393. The number of sulfonamides is 1. The normalized spacial score (nSPS) is 11.7. The van der Waals surface area contributed by atoms with E-state index in [-0.39, 0.29) is 18.0 Å². The molecule has 8 heteroatoms. The predicted molar refractivity (Wildman–Crippen MR) is 95.7 cm³/mol. The van der Waals surface area contributed by atoms with Crippen LogP contribution in [0.1, 0.15) is 18.2 Å². The summed E-state index contributed by atoms with van der Waals surface area (Å²) in [5.41, 5.74) is 0.678. The molecule has 0 saturated heterocycles. The highest BCUT2D eigenvalue weighted by atomic mass is 32.2. The van der Waals surface area contributed by atoms with E-state index in [0.717, 1.165) is 0 Å². The van der Waals surface area contributed by atoms with Gasteiger partial charge >= 0.3 is 5.97 Å². The van der Waals surface area contributed by atoms with Crippen LogP contribution in [0.4, 0.5) is 0 Å². The van der Waals surface area contributed by atoms with Gasteiger partial charge in [0.25, 0.3) is 0 Å². The smallest absolute Gasteiger partial charge is 0.330 e. The van der Waals surface area contributed by atoms with E-state index in [0.29, 0.717) is 24.5 Å². The van der Waals surface area contributed by atoms with Gasteiger partial charge in [0.05, 0.1) is 24.3 Å². The fourth-order valence-corrected chi connectivity index (χ4v) is 2.97. The molecule has 0 radical (unpaired) electrons. The summed E-state index contributed by atoms with van der Waals surface area (Å²) in [6.45, 7) is 3.05. The predicted octanol–water partition coefficient (Wildman–Crippen LogP) is 2.35. The van der Waals surface area contributed by atoms with Crippen LogP contribution in [0.25, 0.3) is 6.08 Å². The number of hydrogen-bond donors (Lipinski definition) is 1. The molecule has 140 valence electrons. The lowest BCUT2D eigenvalue weighted by Gasteiger charge is -2.05. The van der Waals surface area contributed by atoms with Gasteiger partial charge in [0.2, 0.25) is 10.0 Å². The van der Waals surface area contributed by atoms with Crippen molar-refractivity contribution < 1.29 is 27.1 Å². The molecule has 1 aromatic carbocycles. The lowest BCUT2D eigenvalue weighted by molar-refractivity contribution is -0.139. The number of rotatable bonds is 10. The Morgan fingerprint density at radius 2 is 1.96 bits per heavy atom. The number of hydrogen-bond acceptors (Lipinski definition) is 6. The van der Waals surface area contributed by atoms with Crippen LogP contribution in [-0.2, 0) is 30.8 Å². The molecule has 0 amide bonds. The third-order valence-electron chi connectivity index (χ3n) is 3.29. The van der Waals surface area contributed by atoms with Crippen LogP contribution in [0.5, 0.6) is 0 Å². The van der Waals surface area contributed by atoms with Crippen molar-refractivity contribution in [3.05, 3.63) is 60.1 Å². The molecule has 0 aliphatic rings. The van der Waals surface area contributed by atoms with E-state index in [1.807, 2.05) is 6.92 Å². The van der Waals surface area contributed by atoms with Gasteiger partial charge in [0.1, 0.15) is 12.4 Å². The van der Waals surface area contributed by atoms with E-state index in [1.54, 1.807) is 30.3 Å². The van der Waals surface area contributed by atoms with Crippen molar-refractivity contribution in [3.63, 3.8) is 0 Å². The Balaban J connectivity index is 1.88. The molecule has 0 bridgehead atoms. The van der Waals surface area contributed by atoms with Crippen molar-refractivity contribution in [2.24, 2.45) is 0 Å². The van der Waals surface area contributed by atoms with E-state index < -0.39 is 16.0 Å². The van der Waals surface area contributed by atoms with Crippen LogP contribution in [0.15, 0.2) is 58.1 Å². The first-order chi connectivity index (χ1) is 12.5. The molecule has 0 unspecified atom stereocenters. The van der Waals surface area contributed by atoms with Crippen LogP contribution in [0, 0.1) is 0 Å². The Bertz CT molecular complexity index is 810. The minimum Gasteiger partial charge on any atom is -0.468 e. The van der Waals surface area contributed by atoms with Gasteiger partial charge in [-0.25, -0.2) is 17.9 Å². The molecule has 0 aliphatic carbocycles. The highest BCUT2D eigenvalue weighted by Crippen LogP contribution is 2.12. The van der Waals surface area contributed by atoms with E-state index in [9.17, 15) is 13.2 Å². The van der Waals surface area contributed by atoms with Crippen molar-refractivity contribution >= 4 is 22.1 Å². The molecule has 2 rings (SSSR count). The second kappa shape index (κ2) is 9.91. The first kappa shape index (κ1) is 19.9. The van der Waals surface area contributed by atoms with Crippen LogP contribution in [-0.4, -0.2) is 34.2 Å². The maximum atomic E-state index is 12.2. The Morgan fingerprint density at radius 1 is 1.19 bits per heavy atom. The van der Waals surface area contributed by atoms with Crippen molar-refractivity contribution in [2.45, 2.75) is 18.4 Å². The van der Waals surface area contributed by atoms with Gasteiger partial charge in [-0.05, 0) is 42.8 Å². The standard InChI is InChI=1S/C18H21NO6S/c1-2-23-12-13-25-18(20)10-7-15-5-8-17(9-6-15)26(21,22)19-14-16-4-3-11-24-16/h3-11,19H,2,12-14H2,1H3/b10-7+. The molecule has 0 fully saturated rings. The SMILES string of the molecule is CCOCCOC(=O)/C=C/c1ccc(S(=O)(=O)NCc2ccco2)cc1. The maximum Gasteiger partial charge on any atom is 0.330 e. The number of nitrogens with one attached hydrogen (secondary N) is 1. The van der Waals surface area contributed by atoms with Gasteiger partial charge in [0.15, 0.2) is 0 Å². The third kappa shape index (κ3) is 6.47. The van der Waals surface area contributed by atoms with Gasteiger partial charge in [-0.3, -0.25) is 0 Å². The van der Waals surface area contributed by atoms with Gasteiger partial charge in [-0.15, -0.1) is 0 Å². The number of carbonyl (C=O) groups is 1. The summed E-state index contributed by atoms with van der Waals surface area (Å²) in [5, 5.41) is 0. The molecule has 26 heavy (non-hydrogen) atoms. The second-order valence-corrected chi connectivity index (χ2v) is 6.94. The molecule has 1 N–H and O–H groups in total. The average molecular weight is 379 g/mol. The zero-order chi connectivity index (χ0) is 18.8. The summed E-state index contributed by atoms with van der Waals surface area (Å²) < 4.78 is 42.0. The molecule has 7 nitrogen and oxygen atoms in total. The maximum absolute atomic E-state index is 12.2. The van der Waals surface area contributed by atoms with Crippen molar-refractivity contribution in [1.29, 1.82) is 0 Å². The largest absolute Gasteiger partial charge is 0.468 e. The van der Waals surface area contributed by atoms with E-state index in [4.69, 9.17) is 13.9 Å². The van der Waals surface area contributed by atoms with Crippen molar-refractivity contribution in [3.8, 4) is 0 Å². The van der Waals surface area contributed by atoms with Crippen molar-refractivity contribution in [2.75, 3.05) is 19.8 Å². The Labute approximate surface area is 152 Å². The highest BCUT2D eigenvalue weighted by molar-refractivity contribution is 7.89. The Morgan fingerprint density at radius 3 is 2.62 bits per heavy atom. The first-order valence-corrected chi connectivity index (χ1v) is 9.54. The van der Waals surface area contributed by atoms with E-state index in [1.165, 1.54) is 24.5 Å². The quantitative estimate of drug-likeness (QED) is 0.387. The number of benzene rings is 1. The average Bonchev–Trinajstić information content (AvgIpc) is 3.16. The molecule has 0 atom stereocenters. The lowest BCUT2D eigenvalue weighted by Crippen LogP contribution is -2.22. The Kier molecular flexibility index (Phi) is 7.58. The van der Waals surface area contributed by atoms with E-state index in [2.05, 4.69) is 4.72 Å². The van der Waals surface area contributed by atoms with Crippen molar-refractivity contribution in [1.82, 2.24) is 4.72 Å². The van der Waals surface area contributed by atoms with E-state index >= 15 is 0 Å². The summed E-state index contributed by atoms with van der Waals surface area (Å²) in [6, 6.07) is 9.50. The summed E-state index contributed by atoms with van der Waals surface area (Å²) in [6.07, 6.45) is 4.31. The second-order valence-electron chi connectivity index (χ2n) is 5.17. The number of ether oxygens (including phenoxy) is 2. The number of furan rings is 1. The molecular formula is C18H21NO6S. The molecule has 2 aromatic rings. The van der Waals surface area contributed by atoms with Gasteiger partial charge in [-0.1, -0.05) is 12.1 Å². The van der Waals surface area contributed by atoms with Crippen LogP contribution in [0.2, 0.25) is 0 Å². The first-order valence-electron chi connectivity index (χ1n) is 8.06. The highest BCUT2D eigenvalue weighted by Gasteiger charge is 2.13. The van der Waals surface area contributed by atoms with Gasteiger partial charge in [0, 0.05) is 12.7 Å². The minimum absolute atomic E-state index is 0.0740. The summed E-state index contributed by atoms with van der Waals surface area (Å²) >= 11 is 0. The fourth-order valence-electron chi connectivity index (χ4n) is 1.98. The van der Waals surface area contributed by atoms with Crippen LogP contribution < -0.4 is 4.72 Å². The molecular weight excluding hydrogens is 358 g/mol. The molecule has 0 aliphatic heterocycles. The number of esters is 1. The monoisotopic (exact) mass is 379 g/mol. The van der Waals surface area contributed by atoms with Gasteiger partial charge in [-0.2, -0.15) is 0 Å². The molecule has 1 heterocycles. The zero-order valence-electron chi connectivity index (χ0n) is 14.4. The lowest BCUT2D eigenvalue weighted by atomic mass is 10.2. The zero-order valence-corrected chi connectivity index (χ0v) is 15.2. The minimum atomic E-state index is -3.64. The van der Waals surface area contributed by atoms with Crippen LogP contribution in [0.3, 0.4) is 0 Å². The topological polar surface area (TPSA) is 94.8 Å². The summed E-state index contributed by atoms with van der Waals surface area (Å²) in [4.78, 5) is 11.6.